The number of halogens is 1. The zero-order valence-electron chi connectivity index (χ0n) is 5.67. The number of hydrogen-bond donors (Lipinski definition) is 0. The predicted molar refractivity (Wildman–Crippen MR) is 42.1 cm³/mol. The van der Waals surface area contributed by atoms with Gasteiger partial charge in [0.25, 0.3) is 0 Å². The molecule has 0 aromatic heterocycles. The molecule has 1 aliphatic rings. The van der Waals surface area contributed by atoms with E-state index in [-0.39, 0.29) is 0 Å². The van der Waals surface area contributed by atoms with Gasteiger partial charge < -0.3 is 4.84 Å². The molecule has 0 N–H and O–H groups in total. The zero-order chi connectivity index (χ0) is 7.40. The maximum Gasteiger partial charge on any atom is 0.106 e. The Kier molecular flexibility index (Phi) is 2.51. The lowest BCUT2D eigenvalue weighted by Crippen LogP contribution is -1.96. The van der Waals surface area contributed by atoms with Gasteiger partial charge in [0.1, 0.15) is 7.11 Å². The van der Waals surface area contributed by atoms with Crippen LogP contribution in [0.3, 0.4) is 0 Å². The summed E-state index contributed by atoms with van der Waals surface area (Å²) in [5.74, 6) is 0. The largest absolute Gasteiger partial charge is 0.399 e. The summed E-state index contributed by atoms with van der Waals surface area (Å²) in [5, 5.41) is 4.43. The molecule has 0 saturated carbocycles. The first-order valence-corrected chi connectivity index (χ1v) is 3.34. The highest BCUT2D eigenvalue weighted by Crippen LogP contribution is 2.11. The summed E-state index contributed by atoms with van der Waals surface area (Å²) in [7, 11) is 1.52. The molecule has 10 heavy (non-hydrogen) atoms. The number of allylic oxidation sites excluding steroid dienone is 4. The van der Waals surface area contributed by atoms with Crippen molar-refractivity contribution in [2.24, 2.45) is 5.16 Å². The average molecular weight is 158 g/mol. The van der Waals surface area contributed by atoms with Gasteiger partial charge in [-0.1, -0.05) is 22.8 Å². The normalized spacial score (nSPS) is 21.0. The van der Waals surface area contributed by atoms with Crippen LogP contribution in [0.5, 0.6) is 0 Å². The van der Waals surface area contributed by atoms with Gasteiger partial charge in [-0.3, -0.25) is 0 Å². The number of nitrogens with zero attached hydrogens (tertiary/aromatic N) is 1. The molecular formula is C7H8ClNO. The van der Waals surface area contributed by atoms with Crippen molar-refractivity contribution in [2.75, 3.05) is 7.11 Å². The topological polar surface area (TPSA) is 21.6 Å². The van der Waals surface area contributed by atoms with Crippen molar-refractivity contribution in [1.82, 2.24) is 0 Å². The smallest absolute Gasteiger partial charge is 0.106 e. The SMILES string of the molecule is CON=C1C=C(Cl)C=CC1. The van der Waals surface area contributed by atoms with Crippen molar-refractivity contribution in [2.45, 2.75) is 6.42 Å². The van der Waals surface area contributed by atoms with E-state index in [1.807, 2.05) is 12.2 Å². The molecule has 0 heterocycles. The highest BCUT2D eigenvalue weighted by atomic mass is 35.5. The molecule has 2 nitrogen and oxygen atoms in total. The van der Waals surface area contributed by atoms with E-state index in [1.54, 1.807) is 6.08 Å². The molecular weight excluding hydrogens is 150 g/mol. The molecule has 1 aliphatic carbocycles. The maximum absolute atomic E-state index is 5.69. The second-order valence-electron chi connectivity index (χ2n) is 1.90. The molecule has 0 saturated heterocycles. The van der Waals surface area contributed by atoms with Crippen LogP contribution in [-0.2, 0) is 4.84 Å². The summed E-state index contributed by atoms with van der Waals surface area (Å²) in [4.78, 5) is 4.58. The van der Waals surface area contributed by atoms with Crippen LogP contribution in [0.15, 0.2) is 28.4 Å². The lowest BCUT2D eigenvalue weighted by Gasteiger charge is -2.00. The first-order valence-electron chi connectivity index (χ1n) is 2.96. The Labute approximate surface area is 64.8 Å². The molecule has 0 bridgehead atoms. The fourth-order valence-corrected chi connectivity index (χ4v) is 0.954. The van der Waals surface area contributed by atoms with Gasteiger partial charge in [0.15, 0.2) is 0 Å². The number of rotatable bonds is 1. The van der Waals surface area contributed by atoms with Gasteiger partial charge >= 0.3 is 0 Å². The van der Waals surface area contributed by atoms with Gasteiger partial charge in [0.05, 0.1) is 5.71 Å². The summed E-state index contributed by atoms with van der Waals surface area (Å²) in [6.45, 7) is 0. The van der Waals surface area contributed by atoms with Crippen LogP contribution in [0.25, 0.3) is 0 Å². The van der Waals surface area contributed by atoms with Crippen molar-refractivity contribution >= 4 is 17.3 Å². The fourth-order valence-electron chi connectivity index (χ4n) is 0.739. The summed E-state index contributed by atoms with van der Waals surface area (Å²) < 4.78 is 0. The summed E-state index contributed by atoms with van der Waals surface area (Å²) in [5.41, 5.74) is 0.856. The minimum atomic E-state index is 0.696. The molecule has 0 aliphatic heterocycles. The van der Waals surface area contributed by atoms with E-state index in [0.29, 0.717) is 5.03 Å². The van der Waals surface area contributed by atoms with Gasteiger partial charge in [-0.15, -0.1) is 0 Å². The average Bonchev–Trinajstić information content (AvgIpc) is 1.88. The Bertz CT molecular complexity index is 206. The van der Waals surface area contributed by atoms with Gasteiger partial charge in [0, 0.05) is 11.5 Å². The predicted octanol–water partition coefficient (Wildman–Crippen LogP) is 2.07. The van der Waals surface area contributed by atoms with E-state index >= 15 is 0 Å². The molecule has 0 unspecified atom stereocenters. The van der Waals surface area contributed by atoms with Gasteiger partial charge in [-0.25, -0.2) is 0 Å². The van der Waals surface area contributed by atoms with Crippen molar-refractivity contribution in [3.63, 3.8) is 0 Å². The second kappa shape index (κ2) is 3.42. The van der Waals surface area contributed by atoms with E-state index in [1.165, 1.54) is 7.11 Å². The Morgan fingerprint density at radius 1 is 1.70 bits per heavy atom. The van der Waals surface area contributed by atoms with Gasteiger partial charge in [-0.2, -0.15) is 0 Å². The lowest BCUT2D eigenvalue weighted by molar-refractivity contribution is 0.213. The van der Waals surface area contributed by atoms with Crippen LogP contribution >= 0.6 is 11.6 Å². The third kappa shape index (κ3) is 1.88. The molecule has 1 rings (SSSR count). The Morgan fingerprint density at radius 3 is 3.10 bits per heavy atom. The molecule has 0 atom stereocenters. The highest BCUT2D eigenvalue weighted by molar-refractivity contribution is 6.33. The van der Waals surface area contributed by atoms with Crippen LogP contribution in [0.4, 0.5) is 0 Å². The molecule has 0 spiro atoms. The Morgan fingerprint density at radius 2 is 2.50 bits per heavy atom. The minimum Gasteiger partial charge on any atom is -0.399 e. The summed E-state index contributed by atoms with van der Waals surface area (Å²) >= 11 is 5.69. The van der Waals surface area contributed by atoms with Gasteiger partial charge in [0.2, 0.25) is 0 Å². The number of hydrogen-bond acceptors (Lipinski definition) is 2. The first-order chi connectivity index (χ1) is 4.83. The van der Waals surface area contributed by atoms with E-state index in [0.717, 1.165) is 12.1 Å². The first kappa shape index (κ1) is 7.35. The fraction of sp³-hybridized carbons (Fsp3) is 0.286. The molecule has 0 amide bonds. The summed E-state index contributed by atoms with van der Waals surface area (Å²) in [6, 6.07) is 0. The monoisotopic (exact) mass is 157 g/mol. The minimum absolute atomic E-state index is 0.696. The van der Waals surface area contributed by atoms with Crippen LogP contribution in [0.2, 0.25) is 0 Å². The van der Waals surface area contributed by atoms with E-state index in [2.05, 4.69) is 9.99 Å². The zero-order valence-corrected chi connectivity index (χ0v) is 6.43. The van der Waals surface area contributed by atoms with Crippen LogP contribution in [0.1, 0.15) is 6.42 Å². The quantitative estimate of drug-likeness (QED) is 0.534. The Hall–Kier alpha value is -0.760. The van der Waals surface area contributed by atoms with E-state index < -0.39 is 0 Å². The molecule has 54 valence electrons. The third-order valence-electron chi connectivity index (χ3n) is 1.12. The highest BCUT2D eigenvalue weighted by Gasteiger charge is 1.99. The van der Waals surface area contributed by atoms with Crippen LogP contribution < -0.4 is 0 Å². The van der Waals surface area contributed by atoms with E-state index in [9.17, 15) is 0 Å². The second-order valence-corrected chi connectivity index (χ2v) is 2.34. The van der Waals surface area contributed by atoms with Crippen LogP contribution in [-0.4, -0.2) is 12.8 Å². The van der Waals surface area contributed by atoms with Crippen molar-refractivity contribution in [3.8, 4) is 0 Å². The van der Waals surface area contributed by atoms with Crippen molar-refractivity contribution in [3.05, 3.63) is 23.3 Å². The molecule has 3 heteroatoms. The molecule has 0 aromatic rings. The third-order valence-corrected chi connectivity index (χ3v) is 1.35. The van der Waals surface area contributed by atoms with Crippen molar-refractivity contribution in [1.29, 1.82) is 0 Å². The van der Waals surface area contributed by atoms with Crippen LogP contribution in [0, 0.1) is 0 Å². The lowest BCUT2D eigenvalue weighted by atomic mass is 10.2. The van der Waals surface area contributed by atoms with Crippen molar-refractivity contribution < 1.29 is 4.84 Å². The van der Waals surface area contributed by atoms with Gasteiger partial charge in [-0.05, 0) is 12.2 Å². The van der Waals surface area contributed by atoms with E-state index in [4.69, 9.17) is 11.6 Å². The molecule has 0 radical (unpaired) electrons. The molecule has 0 aromatic carbocycles. The Balaban J connectivity index is 2.68. The molecule has 0 fully saturated rings. The maximum atomic E-state index is 5.69. The standard InChI is InChI=1S/C7H8ClNO/c1-10-9-7-4-2-3-6(8)5-7/h2-3,5H,4H2,1H3. The number of oxime groups is 1. The summed E-state index contributed by atoms with van der Waals surface area (Å²) in [6.07, 6.45) is 6.37.